The van der Waals surface area contributed by atoms with Gasteiger partial charge in [0.05, 0.1) is 27.1 Å². The first-order valence-corrected chi connectivity index (χ1v) is 20.1. The van der Waals surface area contributed by atoms with Crippen molar-refractivity contribution in [3.8, 4) is 11.5 Å². The number of benzene rings is 3. The van der Waals surface area contributed by atoms with Gasteiger partial charge in [-0.1, -0.05) is 29.8 Å². The predicted octanol–water partition coefficient (Wildman–Crippen LogP) is 6.02. The normalized spacial score (nSPS) is 21.3. The van der Waals surface area contributed by atoms with Gasteiger partial charge in [-0.2, -0.15) is 0 Å². The molecular weight excluding hydrogens is 760 g/mol. The van der Waals surface area contributed by atoms with E-state index in [0.29, 0.717) is 57.1 Å². The van der Waals surface area contributed by atoms with E-state index in [1.807, 2.05) is 36.4 Å². The lowest BCUT2D eigenvalue weighted by Gasteiger charge is -2.38. The minimum Gasteiger partial charge on any atom is -0.457 e. The number of imide groups is 2. The third-order valence-corrected chi connectivity index (χ3v) is 12.0. The number of rotatable bonds is 10. The summed E-state index contributed by atoms with van der Waals surface area (Å²) in [5, 5.41) is 10.7. The molecule has 58 heavy (non-hydrogen) atoms. The van der Waals surface area contributed by atoms with Crippen LogP contribution in [0.2, 0.25) is 5.02 Å². The zero-order chi connectivity index (χ0) is 39.9. The van der Waals surface area contributed by atoms with Crippen LogP contribution in [0.3, 0.4) is 0 Å². The molecule has 2 saturated heterocycles. The number of fused-ring (bicyclic) bond motifs is 2. The average molecular weight is 801 g/mol. The maximum absolute atomic E-state index is 13.9. The van der Waals surface area contributed by atoms with E-state index in [4.69, 9.17) is 16.3 Å². The Morgan fingerprint density at radius 1 is 0.776 bits per heavy atom. The fourth-order valence-electron chi connectivity index (χ4n) is 8.66. The first-order chi connectivity index (χ1) is 28.2. The van der Waals surface area contributed by atoms with Gasteiger partial charge in [0.25, 0.3) is 11.8 Å². The molecule has 3 fully saturated rings. The second-order valence-electron chi connectivity index (χ2n) is 15.3. The molecule has 9 rings (SSSR count). The van der Waals surface area contributed by atoms with E-state index in [1.54, 1.807) is 36.5 Å². The van der Waals surface area contributed by atoms with E-state index in [2.05, 4.69) is 35.8 Å². The molecule has 0 bridgehead atoms. The second kappa shape index (κ2) is 15.7. The predicted molar refractivity (Wildman–Crippen MR) is 216 cm³/mol. The van der Waals surface area contributed by atoms with Crippen LogP contribution in [-0.2, 0) is 9.59 Å². The molecule has 5 heterocycles. The number of carbonyl (C=O) groups is 5. The van der Waals surface area contributed by atoms with Crippen molar-refractivity contribution in [1.82, 2.24) is 30.5 Å². The molecular formula is C43H41ClN8O6. The monoisotopic (exact) mass is 800 g/mol. The minimum atomic E-state index is -0.983. The number of ketones is 1. The van der Waals surface area contributed by atoms with Crippen molar-refractivity contribution >= 4 is 63.6 Å². The summed E-state index contributed by atoms with van der Waals surface area (Å²) in [6.07, 6.45) is 9.07. The number of anilines is 2. The SMILES string of the molecule is O=C1CCC(N2C(=O)c3ccc(N4CCC(NC5CCC(Nc6ncnc7[nH]cc(C(=O)c8ccc(Oc9ccccc9)cc8Cl)c67)CC5)CC4)cc3C2=O)C(=O)N1. The molecule has 4 aliphatic rings. The number of para-hydroxylation sites is 1. The number of H-pyrrole nitrogens is 1. The number of carbonyl (C=O) groups excluding carboxylic acids is 5. The molecule has 2 aromatic heterocycles. The van der Waals surface area contributed by atoms with Gasteiger partial charge in [0.2, 0.25) is 11.8 Å². The summed E-state index contributed by atoms with van der Waals surface area (Å²) in [6.45, 7) is 1.59. The Hall–Kier alpha value is -6.12. The van der Waals surface area contributed by atoms with E-state index < -0.39 is 29.7 Å². The van der Waals surface area contributed by atoms with Crippen molar-refractivity contribution in [2.45, 2.75) is 75.5 Å². The van der Waals surface area contributed by atoms with E-state index in [0.717, 1.165) is 62.2 Å². The quantitative estimate of drug-likeness (QED) is 0.0960. The van der Waals surface area contributed by atoms with Crippen LogP contribution in [0.1, 0.15) is 88.0 Å². The van der Waals surface area contributed by atoms with Crippen molar-refractivity contribution in [2.75, 3.05) is 23.3 Å². The Kier molecular flexibility index (Phi) is 10.1. The minimum absolute atomic E-state index is 0.0847. The highest BCUT2D eigenvalue weighted by Crippen LogP contribution is 2.34. The number of amides is 4. The highest BCUT2D eigenvalue weighted by atomic mass is 35.5. The number of ether oxygens (including phenoxy) is 1. The topological polar surface area (TPSA) is 179 Å². The Balaban J connectivity index is 0.781. The number of piperidine rings is 2. The molecule has 4 amide bonds. The highest BCUT2D eigenvalue weighted by Gasteiger charge is 2.45. The molecule has 15 heteroatoms. The van der Waals surface area contributed by atoms with Crippen LogP contribution in [0, 0.1) is 0 Å². The lowest BCUT2D eigenvalue weighted by molar-refractivity contribution is -0.136. The van der Waals surface area contributed by atoms with E-state index >= 15 is 0 Å². The van der Waals surface area contributed by atoms with Crippen LogP contribution < -0.4 is 25.6 Å². The zero-order valence-corrected chi connectivity index (χ0v) is 32.3. The lowest BCUT2D eigenvalue weighted by Crippen LogP contribution is -2.54. The molecule has 1 aliphatic carbocycles. The van der Waals surface area contributed by atoms with Gasteiger partial charge < -0.3 is 25.3 Å². The van der Waals surface area contributed by atoms with Crippen molar-refractivity contribution in [3.63, 3.8) is 0 Å². The molecule has 0 radical (unpaired) electrons. The number of hydrogen-bond donors (Lipinski definition) is 4. The van der Waals surface area contributed by atoms with Crippen molar-refractivity contribution in [3.05, 3.63) is 107 Å². The molecule has 1 atom stereocenters. The Bertz CT molecular complexity index is 2440. The standard InChI is InChI=1S/C43H41ClN8O6/c44-34-21-29(58-28-4-2-1-3-5-28)11-13-31(34)38(54)33-22-45-39-37(33)40(47-23-46-39)49-25-8-6-24(7-9-25)48-26-16-18-51(19-17-26)27-10-12-30-32(20-27)43(57)52(42(30)56)35-14-15-36(53)50-41(35)55/h1-5,10-13,20-26,35,48H,6-9,14-19H2,(H,50,53,55)(H2,45,46,47,49). The van der Waals surface area contributed by atoms with E-state index in [-0.39, 0.29) is 35.3 Å². The zero-order valence-electron chi connectivity index (χ0n) is 31.5. The summed E-state index contributed by atoms with van der Waals surface area (Å²) < 4.78 is 5.90. The van der Waals surface area contributed by atoms with Gasteiger partial charge in [-0.15, -0.1) is 0 Å². The van der Waals surface area contributed by atoms with Gasteiger partial charge in [0.1, 0.15) is 35.3 Å². The first kappa shape index (κ1) is 37.5. The van der Waals surface area contributed by atoms with Crippen LogP contribution in [0.4, 0.5) is 11.5 Å². The second-order valence-corrected chi connectivity index (χ2v) is 15.7. The van der Waals surface area contributed by atoms with Crippen LogP contribution >= 0.6 is 11.6 Å². The molecule has 296 valence electrons. The highest BCUT2D eigenvalue weighted by molar-refractivity contribution is 6.36. The fourth-order valence-corrected chi connectivity index (χ4v) is 8.91. The van der Waals surface area contributed by atoms with Gasteiger partial charge in [0, 0.05) is 61.1 Å². The molecule has 4 N–H and O–H groups in total. The Morgan fingerprint density at radius 2 is 1.52 bits per heavy atom. The summed E-state index contributed by atoms with van der Waals surface area (Å²) in [6, 6.07) is 19.6. The molecule has 3 aromatic carbocycles. The summed E-state index contributed by atoms with van der Waals surface area (Å²) in [5.41, 5.74) is 2.81. The first-order valence-electron chi connectivity index (χ1n) is 19.7. The fraction of sp³-hybridized carbons (Fsp3) is 0.326. The summed E-state index contributed by atoms with van der Waals surface area (Å²) in [7, 11) is 0. The smallest absolute Gasteiger partial charge is 0.262 e. The maximum Gasteiger partial charge on any atom is 0.262 e. The number of hydrogen-bond acceptors (Lipinski definition) is 11. The van der Waals surface area contributed by atoms with Gasteiger partial charge in [-0.05, 0) is 87.4 Å². The van der Waals surface area contributed by atoms with Crippen LogP contribution in [0.25, 0.3) is 11.0 Å². The van der Waals surface area contributed by atoms with Crippen molar-refractivity contribution in [2.24, 2.45) is 0 Å². The molecule has 14 nitrogen and oxygen atoms in total. The molecule has 0 spiro atoms. The third kappa shape index (κ3) is 7.29. The van der Waals surface area contributed by atoms with E-state index in [9.17, 15) is 24.0 Å². The number of aromatic nitrogens is 3. The summed E-state index contributed by atoms with van der Waals surface area (Å²) in [4.78, 5) is 79.7. The maximum atomic E-state index is 13.9. The summed E-state index contributed by atoms with van der Waals surface area (Å²) >= 11 is 6.63. The van der Waals surface area contributed by atoms with E-state index in [1.165, 1.54) is 6.33 Å². The molecule has 3 aliphatic heterocycles. The van der Waals surface area contributed by atoms with Gasteiger partial charge in [-0.3, -0.25) is 34.2 Å². The Labute approximate surface area is 338 Å². The van der Waals surface area contributed by atoms with Gasteiger partial charge in [-0.25, -0.2) is 9.97 Å². The van der Waals surface area contributed by atoms with Crippen molar-refractivity contribution < 1.29 is 28.7 Å². The third-order valence-electron chi connectivity index (χ3n) is 11.7. The molecule has 1 unspecified atom stereocenters. The number of nitrogens with one attached hydrogen (secondary N) is 4. The molecule has 1 saturated carbocycles. The van der Waals surface area contributed by atoms with Crippen LogP contribution in [0.5, 0.6) is 11.5 Å². The van der Waals surface area contributed by atoms with Gasteiger partial charge >= 0.3 is 0 Å². The Morgan fingerprint density at radius 3 is 2.28 bits per heavy atom. The lowest BCUT2D eigenvalue weighted by atomic mass is 9.89. The van der Waals surface area contributed by atoms with Crippen molar-refractivity contribution in [1.29, 1.82) is 0 Å². The van der Waals surface area contributed by atoms with Gasteiger partial charge in [0.15, 0.2) is 5.78 Å². The number of nitrogens with zero attached hydrogens (tertiary/aromatic N) is 4. The van der Waals surface area contributed by atoms with Crippen LogP contribution in [-0.4, -0.2) is 86.5 Å². The molecule has 5 aromatic rings. The van der Waals surface area contributed by atoms with Crippen LogP contribution in [0.15, 0.2) is 79.3 Å². The largest absolute Gasteiger partial charge is 0.457 e. The summed E-state index contributed by atoms with van der Waals surface area (Å²) in [5.74, 6) is -0.432. The number of halogens is 1. The average Bonchev–Trinajstić information content (AvgIpc) is 3.78. The number of aromatic amines is 1.